The maximum atomic E-state index is 12.8. The van der Waals surface area contributed by atoms with E-state index in [1.807, 2.05) is 17.2 Å². The number of amides is 1. The third kappa shape index (κ3) is 5.18. The van der Waals surface area contributed by atoms with Crippen LogP contribution in [-0.4, -0.2) is 71.0 Å². The van der Waals surface area contributed by atoms with Gasteiger partial charge in [-0.25, -0.2) is 9.97 Å². The van der Waals surface area contributed by atoms with Crippen molar-refractivity contribution in [2.45, 2.75) is 38.1 Å². The van der Waals surface area contributed by atoms with Gasteiger partial charge in [0.1, 0.15) is 0 Å². The number of fused-ring (bicyclic) bond motifs is 1. The number of carbonyl (C=O) groups excluding carboxylic acids is 1. The normalized spacial score (nSPS) is 19.9. The van der Waals surface area contributed by atoms with E-state index in [1.165, 1.54) is 19.3 Å². The van der Waals surface area contributed by atoms with Gasteiger partial charge in [-0.15, -0.1) is 0 Å². The molecule has 3 heterocycles. The smallest absolute Gasteiger partial charge is 0.246 e. The predicted octanol–water partition coefficient (Wildman–Crippen LogP) is 4.10. The Bertz CT molecular complexity index is 1050. The Kier molecular flexibility index (Phi) is 6.86. The number of hydrogen-bond acceptors (Lipinski definition) is 5. The highest BCUT2D eigenvalue weighted by atomic mass is 35.5. The zero-order chi connectivity index (χ0) is 22.8. The third-order valence-electron chi connectivity index (χ3n) is 7.08. The molecule has 0 N–H and O–H groups in total. The summed E-state index contributed by atoms with van der Waals surface area (Å²) in [4.78, 5) is 29.2. The summed E-state index contributed by atoms with van der Waals surface area (Å²) >= 11 is 12.2. The van der Waals surface area contributed by atoms with E-state index in [-0.39, 0.29) is 5.91 Å². The molecule has 0 radical (unpaired) electrons. The van der Waals surface area contributed by atoms with Crippen molar-refractivity contribution in [2.24, 2.45) is 0 Å². The lowest BCUT2D eigenvalue weighted by atomic mass is 9.91. The van der Waals surface area contributed by atoms with E-state index in [0.29, 0.717) is 23.1 Å². The van der Waals surface area contributed by atoms with Gasteiger partial charge in [-0.1, -0.05) is 35.7 Å². The summed E-state index contributed by atoms with van der Waals surface area (Å²) in [5, 5.41) is 1.11. The number of anilines is 1. The Morgan fingerprint density at radius 1 is 1.03 bits per heavy atom. The molecule has 1 saturated carbocycles. The minimum absolute atomic E-state index is 0.0193. The first kappa shape index (κ1) is 22.6. The van der Waals surface area contributed by atoms with E-state index in [2.05, 4.69) is 14.8 Å². The van der Waals surface area contributed by atoms with Crippen molar-refractivity contribution >= 4 is 41.1 Å². The molecule has 0 spiro atoms. The quantitative estimate of drug-likeness (QED) is 0.610. The molecular formula is C25H29Cl2N5O. The van der Waals surface area contributed by atoms with Gasteiger partial charge < -0.3 is 9.80 Å². The van der Waals surface area contributed by atoms with Crippen LogP contribution in [0, 0.1) is 0 Å². The molecular weight excluding hydrogens is 457 g/mol. The Morgan fingerprint density at radius 3 is 2.55 bits per heavy atom. The van der Waals surface area contributed by atoms with Crippen molar-refractivity contribution in [1.82, 2.24) is 19.8 Å². The van der Waals surface area contributed by atoms with Crippen LogP contribution in [0.2, 0.25) is 10.0 Å². The summed E-state index contributed by atoms with van der Waals surface area (Å²) in [6.45, 7) is 5.47. The first-order chi connectivity index (χ1) is 16.1. The van der Waals surface area contributed by atoms with E-state index in [9.17, 15) is 4.79 Å². The molecule has 1 aromatic carbocycles. The van der Waals surface area contributed by atoms with E-state index < -0.39 is 0 Å². The van der Waals surface area contributed by atoms with Crippen molar-refractivity contribution in [2.75, 3.05) is 44.2 Å². The zero-order valence-electron chi connectivity index (χ0n) is 18.7. The van der Waals surface area contributed by atoms with Crippen LogP contribution in [0.4, 0.5) is 5.95 Å². The molecule has 1 saturated heterocycles. The van der Waals surface area contributed by atoms with Gasteiger partial charge in [-0.05, 0) is 48.6 Å². The van der Waals surface area contributed by atoms with Crippen molar-refractivity contribution in [3.8, 4) is 0 Å². The SMILES string of the molecule is O=C(/C=C/c1ccc(Cl)cc1Cl)N1CCc2cnc(N3CCN(C4CCC4)CC3)nc2CC1. The number of rotatable bonds is 4. The van der Waals surface area contributed by atoms with Gasteiger partial charge in [0.15, 0.2) is 0 Å². The molecule has 33 heavy (non-hydrogen) atoms. The highest BCUT2D eigenvalue weighted by Gasteiger charge is 2.29. The number of piperazine rings is 1. The Morgan fingerprint density at radius 2 is 1.82 bits per heavy atom. The number of carbonyl (C=O) groups is 1. The van der Waals surface area contributed by atoms with E-state index in [4.69, 9.17) is 28.2 Å². The average Bonchev–Trinajstić information content (AvgIpc) is 3.00. The van der Waals surface area contributed by atoms with Crippen molar-refractivity contribution in [3.05, 3.63) is 57.3 Å². The summed E-state index contributed by atoms with van der Waals surface area (Å²) in [5.74, 6) is 0.813. The topological polar surface area (TPSA) is 52.6 Å². The molecule has 174 valence electrons. The number of hydrogen-bond donors (Lipinski definition) is 0. The van der Waals surface area contributed by atoms with Crippen LogP contribution in [-0.2, 0) is 17.6 Å². The van der Waals surface area contributed by atoms with Crippen LogP contribution in [0.5, 0.6) is 0 Å². The van der Waals surface area contributed by atoms with Gasteiger partial charge in [0.05, 0.1) is 5.69 Å². The van der Waals surface area contributed by atoms with Gasteiger partial charge in [0.2, 0.25) is 11.9 Å². The van der Waals surface area contributed by atoms with Crippen molar-refractivity contribution in [3.63, 3.8) is 0 Å². The molecule has 8 heteroatoms. The van der Waals surface area contributed by atoms with Crippen molar-refractivity contribution in [1.29, 1.82) is 0 Å². The number of benzene rings is 1. The van der Waals surface area contributed by atoms with Crippen LogP contribution >= 0.6 is 23.2 Å². The Balaban J connectivity index is 1.20. The third-order valence-corrected chi connectivity index (χ3v) is 7.64. The van der Waals surface area contributed by atoms with Crippen LogP contribution in [0.25, 0.3) is 6.08 Å². The molecule has 1 aromatic heterocycles. The lowest BCUT2D eigenvalue weighted by Crippen LogP contribution is -2.52. The molecule has 6 nitrogen and oxygen atoms in total. The molecule has 5 rings (SSSR count). The van der Waals surface area contributed by atoms with Crippen LogP contribution < -0.4 is 4.90 Å². The second kappa shape index (κ2) is 10.00. The van der Waals surface area contributed by atoms with E-state index >= 15 is 0 Å². The Hall–Kier alpha value is -2.15. The molecule has 3 aliphatic rings. The first-order valence-electron chi connectivity index (χ1n) is 11.8. The van der Waals surface area contributed by atoms with Gasteiger partial charge >= 0.3 is 0 Å². The number of nitrogens with zero attached hydrogens (tertiary/aromatic N) is 5. The lowest BCUT2D eigenvalue weighted by Gasteiger charge is -2.43. The summed E-state index contributed by atoms with van der Waals surface area (Å²) in [5.41, 5.74) is 2.99. The molecule has 2 aliphatic heterocycles. The molecule has 0 atom stereocenters. The fourth-order valence-electron chi connectivity index (χ4n) is 4.78. The summed E-state index contributed by atoms with van der Waals surface area (Å²) in [6, 6.07) is 6.06. The van der Waals surface area contributed by atoms with Crippen LogP contribution in [0.3, 0.4) is 0 Å². The molecule has 0 bridgehead atoms. The maximum absolute atomic E-state index is 12.8. The summed E-state index contributed by atoms with van der Waals surface area (Å²) in [7, 11) is 0. The van der Waals surface area contributed by atoms with E-state index in [0.717, 1.165) is 67.8 Å². The fraction of sp³-hybridized carbons (Fsp3) is 0.480. The summed E-state index contributed by atoms with van der Waals surface area (Å²) in [6.07, 6.45) is 10.9. The number of halogens is 2. The van der Waals surface area contributed by atoms with Gasteiger partial charge in [0.25, 0.3) is 0 Å². The van der Waals surface area contributed by atoms with Gasteiger partial charge in [-0.3, -0.25) is 9.69 Å². The molecule has 1 amide bonds. The minimum Gasteiger partial charge on any atom is -0.338 e. The highest BCUT2D eigenvalue weighted by molar-refractivity contribution is 6.35. The summed E-state index contributed by atoms with van der Waals surface area (Å²) < 4.78 is 0. The van der Waals surface area contributed by atoms with Crippen molar-refractivity contribution < 1.29 is 4.79 Å². The predicted molar refractivity (Wildman–Crippen MR) is 133 cm³/mol. The molecule has 2 fully saturated rings. The maximum Gasteiger partial charge on any atom is 0.246 e. The lowest BCUT2D eigenvalue weighted by molar-refractivity contribution is -0.125. The van der Waals surface area contributed by atoms with Crippen LogP contribution in [0.1, 0.15) is 36.1 Å². The first-order valence-corrected chi connectivity index (χ1v) is 12.6. The molecule has 2 aromatic rings. The highest BCUT2D eigenvalue weighted by Crippen LogP contribution is 2.27. The second-order valence-corrected chi connectivity index (χ2v) is 9.92. The molecule has 0 unspecified atom stereocenters. The van der Waals surface area contributed by atoms with Gasteiger partial charge in [-0.2, -0.15) is 0 Å². The minimum atomic E-state index is -0.0193. The molecule has 1 aliphatic carbocycles. The average molecular weight is 486 g/mol. The standard InChI is InChI=1S/C25H29Cl2N5O/c26-20-6-4-18(22(27)16-20)5-7-24(33)31-10-8-19-17-28-25(29-23(19)9-11-31)32-14-12-30(13-15-32)21-2-1-3-21/h4-7,16-17,21H,1-3,8-15H2/b7-5+. The Labute approximate surface area is 205 Å². The monoisotopic (exact) mass is 485 g/mol. The van der Waals surface area contributed by atoms with Gasteiger partial charge in [0, 0.05) is 74.0 Å². The second-order valence-electron chi connectivity index (χ2n) is 9.07. The van der Waals surface area contributed by atoms with Crippen LogP contribution in [0.15, 0.2) is 30.5 Å². The largest absolute Gasteiger partial charge is 0.338 e. The number of aromatic nitrogens is 2. The van der Waals surface area contributed by atoms with E-state index in [1.54, 1.807) is 24.3 Å². The zero-order valence-corrected chi connectivity index (χ0v) is 20.2. The fourth-order valence-corrected chi connectivity index (χ4v) is 5.25.